The number of fused-ring (bicyclic) bond motifs is 1. The lowest BCUT2D eigenvalue weighted by Crippen LogP contribution is -2.48. The highest BCUT2D eigenvalue weighted by molar-refractivity contribution is 7.10. The highest BCUT2D eigenvalue weighted by Gasteiger charge is 2.33. The monoisotopic (exact) mass is 442 g/mol. The number of amides is 2. The number of carbonyl (C=O) groups excluding carboxylic acids is 2. The normalized spacial score (nSPS) is 15.7. The highest BCUT2D eigenvalue weighted by Crippen LogP contribution is 2.34. The smallest absolute Gasteiger partial charge is 0.242 e. The van der Waals surface area contributed by atoms with Gasteiger partial charge in [-0.05, 0) is 55.3 Å². The second-order valence-corrected chi connectivity index (χ2v) is 9.65. The number of hydrogen-bond donors (Lipinski definition) is 0. The van der Waals surface area contributed by atoms with Crippen LogP contribution in [0.2, 0.25) is 0 Å². The lowest BCUT2D eigenvalue weighted by molar-refractivity contribution is -0.144. The Labute approximate surface area is 190 Å². The van der Waals surface area contributed by atoms with E-state index >= 15 is 0 Å². The summed E-state index contributed by atoms with van der Waals surface area (Å²) >= 11 is 1.74. The van der Waals surface area contributed by atoms with Gasteiger partial charge >= 0.3 is 0 Å². The topological polar surface area (TPSA) is 49.9 Å². The summed E-state index contributed by atoms with van der Waals surface area (Å²) in [5.74, 6) is 0.760. The van der Waals surface area contributed by atoms with Gasteiger partial charge in [0.05, 0.1) is 12.6 Å². The Kier molecular flexibility index (Phi) is 7.76. The maximum atomic E-state index is 13.4. The van der Waals surface area contributed by atoms with Crippen molar-refractivity contribution in [2.75, 3.05) is 26.2 Å². The third-order valence-electron chi connectivity index (χ3n) is 5.77. The van der Waals surface area contributed by atoms with Gasteiger partial charge in [0.2, 0.25) is 11.8 Å². The number of carbonyl (C=O) groups is 2. The van der Waals surface area contributed by atoms with Crippen LogP contribution in [0.5, 0.6) is 5.75 Å². The zero-order valence-corrected chi connectivity index (χ0v) is 20.1. The molecule has 0 N–H and O–H groups in total. The van der Waals surface area contributed by atoms with E-state index in [0.717, 1.165) is 24.2 Å². The van der Waals surface area contributed by atoms with Crippen LogP contribution in [-0.4, -0.2) is 47.9 Å². The summed E-state index contributed by atoms with van der Waals surface area (Å²) in [5, 5.41) is 2.09. The van der Waals surface area contributed by atoms with Crippen molar-refractivity contribution in [1.29, 1.82) is 0 Å². The minimum absolute atomic E-state index is 0.00599. The first-order valence-corrected chi connectivity index (χ1v) is 12.0. The molecule has 0 saturated heterocycles. The molecular formula is C25H34N2O3S. The molecule has 2 aromatic rings. The maximum absolute atomic E-state index is 13.4. The molecule has 0 fully saturated rings. The van der Waals surface area contributed by atoms with E-state index in [4.69, 9.17) is 4.74 Å². The quantitative estimate of drug-likeness (QED) is 0.592. The standard InChI is InChI=1S/C25H34N2O3S/c1-6-11-26(25(29)17(2)3)15-24(28)27-12-9-23-20(10-13-31-23)21(27)16-30-22-8-7-18(4)14-19(22)5/h7-8,10,13-14,17,21H,6,9,11-12,15-16H2,1-5H3/t21-/m1/s1. The molecule has 168 valence electrons. The number of rotatable bonds is 8. The lowest BCUT2D eigenvalue weighted by Gasteiger charge is -2.37. The van der Waals surface area contributed by atoms with E-state index in [-0.39, 0.29) is 30.3 Å². The van der Waals surface area contributed by atoms with E-state index in [1.54, 1.807) is 16.2 Å². The molecule has 6 heteroatoms. The van der Waals surface area contributed by atoms with Gasteiger partial charge in [0.25, 0.3) is 0 Å². The average molecular weight is 443 g/mol. The van der Waals surface area contributed by atoms with E-state index in [0.29, 0.717) is 19.7 Å². The first-order chi connectivity index (χ1) is 14.8. The largest absolute Gasteiger partial charge is 0.491 e. The zero-order chi connectivity index (χ0) is 22.5. The minimum Gasteiger partial charge on any atom is -0.491 e. The predicted molar refractivity (Wildman–Crippen MR) is 126 cm³/mol. The molecule has 2 amide bonds. The molecule has 0 bridgehead atoms. The fourth-order valence-electron chi connectivity index (χ4n) is 4.16. The maximum Gasteiger partial charge on any atom is 0.242 e. The average Bonchev–Trinajstić information content (AvgIpc) is 3.21. The molecule has 0 radical (unpaired) electrons. The van der Waals surface area contributed by atoms with Crippen LogP contribution >= 0.6 is 11.3 Å². The summed E-state index contributed by atoms with van der Waals surface area (Å²) in [4.78, 5) is 30.9. The molecule has 31 heavy (non-hydrogen) atoms. The van der Waals surface area contributed by atoms with Gasteiger partial charge in [-0.3, -0.25) is 9.59 Å². The van der Waals surface area contributed by atoms with Gasteiger partial charge in [-0.25, -0.2) is 0 Å². The fraction of sp³-hybridized carbons (Fsp3) is 0.520. The third-order valence-corrected chi connectivity index (χ3v) is 6.76. The lowest BCUT2D eigenvalue weighted by atomic mass is 10.00. The Hall–Kier alpha value is -2.34. The van der Waals surface area contributed by atoms with Crippen molar-refractivity contribution in [2.45, 2.75) is 53.5 Å². The number of thiophene rings is 1. The molecule has 1 aliphatic heterocycles. The van der Waals surface area contributed by atoms with Crippen molar-refractivity contribution in [2.24, 2.45) is 5.92 Å². The summed E-state index contributed by atoms with van der Waals surface area (Å²) in [5.41, 5.74) is 3.47. The van der Waals surface area contributed by atoms with Crippen LogP contribution < -0.4 is 4.74 Å². The molecule has 2 heterocycles. The summed E-state index contributed by atoms with van der Waals surface area (Å²) in [6, 6.07) is 8.12. The van der Waals surface area contributed by atoms with Crippen molar-refractivity contribution < 1.29 is 14.3 Å². The molecule has 1 aliphatic rings. The summed E-state index contributed by atoms with van der Waals surface area (Å²) < 4.78 is 6.21. The molecule has 5 nitrogen and oxygen atoms in total. The Morgan fingerprint density at radius 2 is 2.03 bits per heavy atom. The molecule has 1 aromatic heterocycles. The number of benzene rings is 1. The van der Waals surface area contributed by atoms with Crippen LogP contribution in [0.15, 0.2) is 29.6 Å². The summed E-state index contributed by atoms with van der Waals surface area (Å²) in [6.07, 6.45) is 1.68. The van der Waals surface area contributed by atoms with E-state index in [1.165, 1.54) is 16.0 Å². The minimum atomic E-state index is -0.138. The molecule has 0 spiro atoms. The number of ether oxygens (including phenoxy) is 1. The summed E-state index contributed by atoms with van der Waals surface area (Å²) in [6.45, 7) is 11.7. The van der Waals surface area contributed by atoms with Gasteiger partial charge in [0.1, 0.15) is 12.4 Å². The van der Waals surface area contributed by atoms with Gasteiger partial charge in [-0.15, -0.1) is 11.3 Å². The molecule has 1 aromatic carbocycles. The number of hydrogen-bond acceptors (Lipinski definition) is 4. The van der Waals surface area contributed by atoms with Gasteiger partial charge in [0.15, 0.2) is 0 Å². The van der Waals surface area contributed by atoms with Gasteiger partial charge in [0, 0.05) is 23.9 Å². The van der Waals surface area contributed by atoms with E-state index in [9.17, 15) is 9.59 Å². The third kappa shape index (κ3) is 5.48. The van der Waals surface area contributed by atoms with Crippen LogP contribution in [-0.2, 0) is 16.0 Å². The molecule has 0 aliphatic carbocycles. The highest BCUT2D eigenvalue weighted by atomic mass is 32.1. The van der Waals surface area contributed by atoms with E-state index in [1.807, 2.05) is 44.7 Å². The van der Waals surface area contributed by atoms with Crippen LogP contribution in [0, 0.1) is 19.8 Å². The second kappa shape index (κ2) is 10.3. The molecular weight excluding hydrogens is 408 g/mol. The Morgan fingerprint density at radius 1 is 1.26 bits per heavy atom. The van der Waals surface area contributed by atoms with E-state index in [2.05, 4.69) is 24.4 Å². The number of aryl methyl sites for hydroxylation is 2. The predicted octanol–water partition coefficient (Wildman–Crippen LogP) is 4.76. The molecule has 3 rings (SSSR count). The van der Waals surface area contributed by atoms with Crippen molar-refractivity contribution in [1.82, 2.24) is 9.80 Å². The molecule has 0 saturated carbocycles. The molecule has 0 unspecified atom stereocenters. The van der Waals surface area contributed by atoms with Gasteiger partial charge in [-0.2, -0.15) is 0 Å². The van der Waals surface area contributed by atoms with Gasteiger partial charge in [-0.1, -0.05) is 38.5 Å². The number of nitrogens with zero attached hydrogens (tertiary/aromatic N) is 2. The Balaban J connectivity index is 1.78. The fourth-order valence-corrected chi connectivity index (χ4v) is 5.09. The Bertz CT molecular complexity index is 921. The van der Waals surface area contributed by atoms with Crippen molar-refractivity contribution in [3.63, 3.8) is 0 Å². The van der Waals surface area contributed by atoms with Crippen molar-refractivity contribution >= 4 is 23.2 Å². The van der Waals surface area contributed by atoms with Crippen LogP contribution in [0.3, 0.4) is 0 Å². The Morgan fingerprint density at radius 3 is 2.71 bits per heavy atom. The SMILES string of the molecule is CCCN(CC(=O)N1CCc2sccc2[C@H]1COc1ccc(C)cc1C)C(=O)C(C)C. The first kappa shape index (κ1) is 23.3. The zero-order valence-electron chi connectivity index (χ0n) is 19.3. The second-order valence-electron chi connectivity index (χ2n) is 8.65. The molecule has 1 atom stereocenters. The van der Waals surface area contributed by atoms with Gasteiger partial charge < -0.3 is 14.5 Å². The van der Waals surface area contributed by atoms with Crippen LogP contribution in [0.4, 0.5) is 0 Å². The van der Waals surface area contributed by atoms with E-state index < -0.39 is 0 Å². The van der Waals surface area contributed by atoms with Crippen molar-refractivity contribution in [3.8, 4) is 5.75 Å². The van der Waals surface area contributed by atoms with Crippen LogP contribution in [0.25, 0.3) is 0 Å². The van der Waals surface area contributed by atoms with Crippen LogP contribution in [0.1, 0.15) is 54.8 Å². The van der Waals surface area contributed by atoms with Crippen molar-refractivity contribution in [3.05, 3.63) is 51.2 Å². The summed E-state index contributed by atoms with van der Waals surface area (Å²) in [7, 11) is 0. The first-order valence-electron chi connectivity index (χ1n) is 11.2.